The molecule has 0 aromatic heterocycles. The van der Waals surface area contributed by atoms with E-state index in [0.29, 0.717) is 32.2 Å². The molecule has 1 aliphatic heterocycles. The molecule has 156 valence electrons. The van der Waals surface area contributed by atoms with E-state index in [2.05, 4.69) is 40.0 Å². The first-order chi connectivity index (χ1) is 13.1. The minimum absolute atomic E-state index is 0. The second-order valence-electron chi connectivity index (χ2n) is 7.05. The molecule has 2 aliphatic rings. The Balaban J connectivity index is 0.00000280. The fraction of sp³-hybridized carbons (Fsp3) is 0.600. The molecule has 1 unspecified atom stereocenters. The van der Waals surface area contributed by atoms with Crippen LogP contribution >= 0.6 is 24.0 Å². The number of carbonyl (C=O) groups excluding carboxylic acids is 1. The van der Waals surface area contributed by atoms with Crippen molar-refractivity contribution in [2.45, 2.75) is 45.8 Å². The van der Waals surface area contributed by atoms with Gasteiger partial charge in [0.15, 0.2) is 5.96 Å². The number of ether oxygens (including phenoxy) is 2. The van der Waals surface area contributed by atoms with Gasteiger partial charge in [0, 0.05) is 50.1 Å². The summed E-state index contributed by atoms with van der Waals surface area (Å²) in [5, 5.41) is 9.45. The highest BCUT2D eigenvalue weighted by Crippen LogP contribution is 2.35. The monoisotopic (exact) mass is 502 g/mol. The Morgan fingerprint density at radius 2 is 2.00 bits per heavy atom. The van der Waals surface area contributed by atoms with Crippen molar-refractivity contribution in [3.05, 3.63) is 23.3 Å². The molecule has 1 heterocycles. The number of rotatable bonds is 8. The van der Waals surface area contributed by atoms with Gasteiger partial charge < -0.3 is 25.4 Å². The van der Waals surface area contributed by atoms with Crippen LogP contribution in [-0.4, -0.2) is 44.7 Å². The van der Waals surface area contributed by atoms with Crippen LogP contribution in [0, 0.1) is 5.92 Å². The summed E-state index contributed by atoms with van der Waals surface area (Å²) in [6.45, 7) is 6.47. The lowest BCUT2D eigenvalue weighted by atomic mass is 10.1. The zero-order chi connectivity index (χ0) is 19.2. The summed E-state index contributed by atoms with van der Waals surface area (Å²) in [5.74, 6) is 2.91. The van der Waals surface area contributed by atoms with Gasteiger partial charge in [-0.2, -0.15) is 0 Å². The molecule has 7 nitrogen and oxygen atoms in total. The zero-order valence-electron chi connectivity index (χ0n) is 16.8. The van der Waals surface area contributed by atoms with E-state index in [1.807, 2.05) is 6.92 Å². The van der Waals surface area contributed by atoms with E-state index < -0.39 is 0 Å². The van der Waals surface area contributed by atoms with Crippen molar-refractivity contribution in [3.63, 3.8) is 0 Å². The molecule has 3 rings (SSSR count). The first-order valence-electron chi connectivity index (χ1n) is 9.78. The summed E-state index contributed by atoms with van der Waals surface area (Å²) >= 11 is 0. The SMILES string of the molecule is CCOc1cc2c(cc1CNC(=NC)NCCNC(=O)C1CC1)OC(C)C2.I. The third-order valence-corrected chi connectivity index (χ3v) is 4.71. The van der Waals surface area contributed by atoms with Crippen molar-refractivity contribution in [1.82, 2.24) is 16.0 Å². The fourth-order valence-corrected chi connectivity index (χ4v) is 3.17. The smallest absolute Gasteiger partial charge is 0.223 e. The van der Waals surface area contributed by atoms with Crippen LogP contribution in [0.4, 0.5) is 0 Å². The van der Waals surface area contributed by atoms with Gasteiger partial charge in [0.25, 0.3) is 0 Å². The van der Waals surface area contributed by atoms with E-state index in [0.717, 1.165) is 36.3 Å². The highest BCUT2D eigenvalue weighted by Gasteiger charge is 2.29. The molecule has 8 heteroatoms. The van der Waals surface area contributed by atoms with E-state index >= 15 is 0 Å². The second-order valence-corrected chi connectivity index (χ2v) is 7.05. The normalized spacial score (nSPS) is 17.8. The van der Waals surface area contributed by atoms with Crippen molar-refractivity contribution < 1.29 is 14.3 Å². The average Bonchev–Trinajstić information content (AvgIpc) is 3.43. The molecular weight excluding hydrogens is 471 g/mol. The molecule has 28 heavy (non-hydrogen) atoms. The zero-order valence-corrected chi connectivity index (χ0v) is 19.2. The summed E-state index contributed by atoms with van der Waals surface area (Å²) in [6.07, 6.45) is 3.17. The minimum atomic E-state index is 0. The molecule has 1 fully saturated rings. The Kier molecular flexibility index (Phi) is 8.65. The van der Waals surface area contributed by atoms with Crippen LogP contribution in [0.5, 0.6) is 11.5 Å². The van der Waals surface area contributed by atoms with Gasteiger partial charge >= 0.3 is 0 Å². The molecule has 0 bridgehead atoms. The Bertz CT molecular complexity index is 707. The van der Waals surface area contributed by atoms with E-state index in [9.17, 15) is 4.79 Å². The third kappa shape index (κ3) is 6.15. The van der Waals surface area contributed by atoms with Crippen molar-refractivity contribution in [2.24, 2.45) is 10.9 Å². The maximum absolute atomic E-state index is 11.6. The van der Waals surface area contributed by atoms with E-state index in [1.54, 1.807) is 7.05 Å². The van der Waals surface area contributed by atoms with E-state index in [4.69, 9.17) is 9.47 Å². The molecule has 0 radical (unpaired) electrons. The van der Waals surface area contributed by atoms with Gasteiger partial charge in [0.1, 0.15) is 17.6 Å². The van der Waals surface area contributed by atoms with Crippen LogP contribution < -0.4 is 25.4 Å². The van der Waals surface area contributed by atoms with Crippen LogP contribution in [0.25, 0.3) is 0 Å². The van der Waals surface area contributed by atoms with Gasteiger partial charge in [0.05, 0.1) is 6.61 Å². The van der Waals surface area contributed by atoms with Crippen molar-refractivity contribution in [2.75, 3.05) is 26.7 Å². The molecule has 1 amide bonds. The van der Waals surface area contributed by atoms with E-state index in [-0.39, 0.29) is 41.9 Å². The lowest BCUT2D eigenvalue weighted by Gasteiger charge is -2.16. The van der Waals surface area contributed by atoms with Crippen LogP contribution in [0.2, 0.25) is 0 Å². The summed E-state index contributed by atoms with van der Waals surface area (Å²) < 4.78 is 11.7. The predicted molar refractivity (Wildman–Crippen MR) is 121 cm³/mol. The van der Waals surface area contributed by atoms with E-state index in [1.165, 1.54) is 5.56 Å². The average molecular weight is 502 g/mol. The number of aliphatic imine (C=N–C) groups is 1. The number of carbonyl (C=O) groups is 1. The van der Waals surface area contributed by atoms with Crippen molar-refractivity contribution in [1.29, 1.82) is 0 Å². The molecular formula is C20H31IN4O3. The number of benzene rings is 1. The van der Waals surface area contributed by atoms with Crippen LogP contribution in [0.15, 0.2) is 17.1 Å². The number of nitrogens with one attached hydrogen (secondary N) is 3. The van der Waals surface area contributed by atoms with Gasteiger partial charge in [-0.25, -0.2) is 0 Å². The van der Waals surface area contributed by atoms with Crippen LogP contribution in [0.1, 0.15) is 37.8 Å². The largest absolute Gasteiger partial charge is 0.494 e. The number of halogens is 1. The quantitative estimate of drug-likeness (QED) is 0.220. The first kappa shape index (κ1) is 22.6. The highest BCUT2D eigenvalue weighted by atomic mass is 127. The Morgan fingerprint density at radius 3 is 2.68 bits per heavy atom. The molecule has 1 atom stereocenters. The Labute approximate surface area is 184 Å². The van der Waals surface area contributed by atoms with Crippen LogP contribution in [-0.2, 0) is 17.8 Å². The lowest BCUT2D eigenvalue weighted by Crippen LogP contribution is -2.41. The Morgan fingerprint density at radius 1 is 1.25 bits per heavy atom. The number of nitrogens with zero attached hydrogens (tertiary/aromatic N) is 1. The summed E-state index contributed by atoms with van der Waals surface area (Å²) in [4.78, 5) is 15.9. The standard InChI is InChI=1S/C20H30N4O3.HI/c1-4-26-17-10-15-9-13(2)27-18(15)11-16(17)12-24-20(21-3)23-8-7-22-19(25)14-5-6-14;/h10-11,13-14H,4-9,12H2,1-3H3,(H,22,25)(H2,21,23,24);1H. The van der Waals surface area contributed by atoms with Gasteiger partial charge in [-0.15, -0.1) is 24.0 Å². The third-order valence-electron chi connectivity index (χ3n) is 4.71. The summed E-state index contributed by atoms with van der Waals surface area (Å²) in [6, 6.07) is 4.14. The topological polar surface area (TPSA) is 84.0 Å². The number of hydrogen-bond donors (Lipinski definition) is 3. The van der Waals surface area contributed by atoms with Gasteiger partial charge in [0.2, 0.25) is 5.91 Å². The molecule has 0 saturated heterocycles. The number of fused-ring (bicyclic) bond motifs is 1. The molecule has 1 aromatic rings. The predicted octanol–water partition coefficient (Wildman–Crippen LogP) is 2.22. The second kappa shape index (κ2) is 10.7. The molecule has 1 saturated carbocycles. The van der Waals surface area contributed by atoms with Gasteiger partial charge in [-0.05, 0) is 38.8 Å². The number of guanidine groups is 1. The Hall–Kier alpha value is -1.71. The molecule has 0 spiro atoms. The molecule has 1 aliphatic carbocycles. The first-order valence-corrected chi connectivity index (χ1v) is 9.78. The lowest BCUT2D eigenvalue weighted by molar-refractivity contribution is -0.122. The van der Waals surface area contributed by atoms with Gasteiger partial charge in [-0.1, -0.05) is 0 Å². The fourth-order valence-electron chi connectivity index (χ4n) is 3.17. The van der Waals surface area contributed by atoms with Crippen LogP contribution in [0.3, 0.4) is 0 Å². The highest BCUT2D eigenvalue weighted by molar-refractivity contribution is 14.0. The van der Waals surface area contributed by atoms with Crippen molar-refractivity contribution >= 4 is 35.8 Å². The summed E-state index contributed by atoms with van der Waals surface area (Å²) in [5.41, 5.74) is 2.23. The molecule has 1 aromatic carbocycles. The summed E-state index contributed by atoms with van der Waals surface area (Å²) in [7, 11) is 1.73. The number of hydrogen-bond acceptors (Lipinski definition) is 4. The van der Waals surface area contributed by atoms with Gasteiger partial charge in [-0.3, -0.25) is 9.79 Å². The van der Waals surface area contributed by atoms with Crippen molar-refractivity contribution in [3.8, 4) is 11.5 Å². The maximum atomic E-state index is 11.6. The molecule has 3 N–H and O–H groups in total. The number of amides is 1. The minimum Gasteiger partial charge on any atom is -0.494 e. The maximum Gasteiger partial charge on any atom is 0.223 e.